The summed E-state index contributed by atoms with van der Waals surface area (Å²) in [6.07, 6.45) is -0.744. The molecular weight excluding hydrogens is 269 g/mol. The van der Waals surface area contributed by atoms with Crippen molar-refractivity contribution in [3.63, 3.8) is 0 Å². The number of aliphatic hydroxyl groups is 1. The topological polar surface area (TPSA) is 66.5 Å². The van der Waals surface area contributed by atoms with E-state index in [0.717, 1.165) is 0 Å². The number of nitrogens with two attached hydrogens (primary N) is 1. The fourth-order valence-corrected chi connectivity index (χ4v) is 1.93. The Bertz CT molecular complexity index is 344. The van der Waals surface area contributed by atoms with Crippen LogP contribution in [0.2, 0.25) is 5.02 Å². The van der Waals surface area contributed by atoms with Gasteiger partial charge in [0.2, 0.25) is 0 Å². The van der Waals surface area contributed by atoms with Crippen LogP contribution in [0.3, 0.4) is 0 Å². The summed E-state index contributed by atoms with van der Waals surface area (Å²) in [7, 11) is 0. The molecule has 1 aromatic carbocycles. The summed E-state index contributed by atoms with van der Waals surface area (Å²) in [5, 5.41) is 19.4. The maximum absolute atomic E-state index is 9.64. The van der Waals surface area contributed by atoms with E-state index < -0.39 is 12.1 Å². The Morgan fingerprint density at radius 3 is 2.57 bits per heavy atom. The number of hydrogen-bond donors (Lipinski definition) is 3. The second-order valence-corrected chi connectivity index (χ2v) is 4.38. The molecule has 0 bridgehead atoms. The molecular formula is C9H11BrClNO2. The summed E-state index contributed by atoms with van der Waals surface area (Å²) in [6.45, 7) is 1.55. The Balaban J connectivity index is 3.20. The van der Waals surface area contributed by atoms with E-state index in [1.807, 2.05) is 0 Å². The molecule has 0 radical (unpaired) electrons. The normalized spacial score (nSPS) is 15.2. The molecule has 1 unspecified atom stereocenters. The summed E-state index contributed by atoms with van der Waals surface area (Å²) in [4.78, 5) is 0. The van der Waals surface area contributed by atoms with Crippen molar-refractivity contribution in [1.82, 2.24) is 0 Å². The summed E-state index contributed by atoms with van der Waals surface area (Å²) >= 11 is 8.94. The first kappa shape index (κ1) is 11.8. The molecule has 0 saturated heterocycles. The molecule has 78 valence electrons. The van der Waals surface area contributed by atoms with Crippen molar-refractivity contribution >= 4 is 27.5 Å². The fraction of sp³-hybridized carbons (Fsp3) is 0.333. The molecule has 0 aliphatic carbocycles. The zero-order chi connectivity index (χ0) is 10.9. The number of phenolic OH excluding ortho intramolecular Hbond substituents is 1. The highest BCUT2D eigenvalue weighted by molar-refractivity contribution is 9.10. The van der Waals surface area contributed by atoms with Crippen LogP contribution in [-0.4, -0.2) is 16.3 Å². The van der Waals surface area contributed by atoms with Gasteiger partial charge in [-0.25, -0.2) is 0 Å². The number of aliphatic hydroxyl groups excluding tert-OH is 1. The lowest BCUT2D eigenvalue weighted by Crippen LogP contribution is -2.23. The highest BCUT2D eigenvalue weighted by atomic mass is 79.9. The predicted molar refractivity (Wildman–Crippen MR) is 59.4 cm³/mol. The van der Waals surface area contributed by atoms with E-state index in [4.69, 9.17) is 17.3 Å². The van der Waals surface area contributed by atoms with Crippen LogP contribution in [0.1, 0.15) is 18.5 Å². The molecule has 5 heteroatoms. The predicted octanol–water partition coefficient (Wildman–Crippen LogP) is 2.19. The van der Waals surface area contributed by atoms with Crippen molar-refractivity contribution in [2.75, 3.05) is 0 Å². The van der Waals surface area contributed by atoms with Crippen molar-refractivity contribution < 1.29 is 10.2 Å². The van der Waals surface area contributed by atoms with Gasteiger partial charge < -0.3 is 15.9 Å². The monoisotopic (exact) mass is 279 g/mol. The molecule has 0 amide bonds. The van der Waals surface area contributed by atoms with Crippen LogP contribution in [0.15, 0.2) is 16.6 Å². The maximum Gasteiger partial charge on any atom is 0.134 e. The lowest BCUT2D eigenvalue weighted by molar-refractivity contribution is 0.163. The third kappa shape index (κ3) is 2.39. The SMILES string of the molecule is CC(O)[C@H](N)c1cc(Cl)cc(Br)c1O. The van der Waals surface area contributed by atoms with Gasteiger partial charge in [-0.05, 0) is 35.0 Å². The number of phenols is 1. The van der Waals surface area contributed by atoms with Gasteiger partial charge in [0.25, 0.3) is 0 Å². The largest absolute Gasteiger partial charge is 0.506 e. The minimum Gasteiger partial charge on any atom is -0.506 e. The Labute approximate surface area is 95.6 Å². The molecule has 1 rings (SSSR count). The summed E-state index contributed by atoms with van der Waals surface area (Å²) in [6, 6.07) is 2.46. The van der Waals surface area contributed by atoms with Crippen molar-refractivity contribution in [3.05, 3.63) is 27.2 Å². The first-order chi connectivity index (χ1) is 6.43. The van der Waals surface area contributed by atoms with E-state index in [1.54, 1.807) is 19.1 Å². The van der Waals surface area contributed by atoms with Crippen LogP contribution in [0.4, 0.5) is 0 Å². The van der Waals surface area contributed by atoms with Gasteiger partial charge in [-0.15, -0.1) is 0 Å². The Kier molecular flexibility index (Phi) is 3.78. The Morgan fingerprint density at radius 2 is 2.07 bits per heavy atom. The number of rotatable bonds is 2. The van der Waals surface area contributed by atoms with Crippen LogP contribution in [0.25, 0.3) is 0 Å². The molecule has 0 fully saturated rings. The van der Waals surface area contributed by atoms with Crippen LogP contribution < -0.4 is 5.73 Å². The summed E-state index contributed by atoms with van der Waals surface area (Å²) in [5.41, 5.74) is 6.12. The van der Waals surface area contributed by atoms with Crippen LogP contribution >= 0.6 is 27.5 Å². The minimum atomic E-state index is -0.744. The molecule has 0 saturated carbocycles. The standard InChI is InChI=1S/C9H11BrClNO2/c1-4(13)8(12)6-2-5(11)3-7(10)9(6)14/h2-4,8,13-14H,12H2,1H3/t4?,8-/m0/s1. The zero-order valence-corrected chi connectivity index (χ0v) is 9.88. The molecule has 0 aliphatic heterocycles. The van der Waals surface area contributed by atoms with Gasteiger partial charge in [-0.2, -0.15) is 0 Å². The smallest absolute Gasteiger partial charge is 0.134 e. The molecule has 0 spiro atoms. The zero-order valence-electron chi connectivity index (χ0n) is 7.54. The van der Waals surface area contributed by atoms with E-state index in [1.165, 1.54) is 0 Å². The van der Waals surface area contributed by atoms with Gasteiger partial charge in [0.05, 0.1) is 16.6 Å². The maximum atomic E-state index is 9.64. The quantitative estimate of drug-likeness (QED) is 0.778. The van der Waals surface area contributed by atoms with Crippen LogP contribution in [-0.2, 0) is 0 Å². The fourth-order valence-electron chi connectivity index (χ4n) is 1.10. The van der Waals surface area contributed by atoms with Gasteiger partial charge in [0.15, 0.2) is 0 Å². The molecule has 3 nitrogen and oxygen atoms in total. The van der Waals surface area contributed by atoms with Crippen LogP contribution in [0, 0.1) is 0 Å². The van der Waals surface area contributed by atoms with Crippen molar-refractivity contribution in [2.24, 2.45) is 5.73 Å². The highest BCUT2D eigenvalue weighted by Gasteiger charge is 2.18. The average Bonchev–Trinajstić information content (AvgIpc) is 2.09. The van der Waals surface area contributed by atoms with Crippen molar-refractivity contribution in [1.29, 1.82) is 0 Å². The van der Waals surface area contributed by atoms with Gasteiger partial charge in [0.1, 0.15) is 5.75 Å². The molecule has 2 atom stereocenters. The van der Waals surface area contributed by atoms with Crippen molar-refractivity contribution in [3.8, 4) is 5.75 Å². The molecule has 4 N–H and O–H groups in total. The number of aromatic hydroxyl groups is 1. The van der Waals surface area contributed by atoms with Gasteiger partial charge in [-0.3, -0.25) is 0 Å². The molecule has 0 heterocycles. The average molecular weight is 281 g/mol. The van der Waals surface area contributed by atoms with Crippen molar-refractivity contribution in [2.45, 2.75) is 19.1 Å². The molecule has 14 heavy (non-hydrogen) atoms. The van der Waals surface area contributed by atoms with E-state index in [0.29, 0.717) is 15.1 Å². The second-order valence-electron chi connectivity index (χ2n) is 3.09. The van der Waals surface area contributed by atoms with E-state index >= 15 is 0 Å². The Morgan fingerprint density at radius 1 is 1.50 bits per heavy atom. The van der Waals surface area contributed by atoms with E-state index in [2.05, 4.69) is 15.9 Å². The van der Waals surface area contributed by atoms with Crippen LogP contribution in [0.5, 0.6) is 5.75 Å². The number of benzene rings is 1. The first-order valence-electron chi connectivity index (χ1n) is 4.05. The van der Waals surface area contributed by atoms with E-state index in [9.17, 15) is 10.2 Å². The second kappa shape index (κ2) is 4.49. The third-order valence-electron chi connectivity index (χ3n) is 1.94. The van der Waals surface area contributed by atoms with Gasteiger partial charge in [0, 0.05) is 10.6 Å². The molecule has 1 aromatic rings. The number of hydrogen-bond acceptors (Lipinski definition) is 3. The lowest BCUT2D eigenvalue weighted by Gasteiger charge is -2.17. The summed E-state index contributed by atoms with van der Waals surface area (Å²) < 4.78 is 0.469. The Hall–Kier alpha value is -0.290. The molecule has 0 aliphatic rings. The van der Waals surface area contributed by atoms with E-state index in [-0.39, 0.29) is 5.75 Å². The van der Waals surface area contributed by atoms with Gasteiger partial charge in [-0.1, -0.05) is 11.6 Å². The summed E-state index contributed by atoms with van der Waals surface area (Å²) in [5.74, 6) is 0.0165. The molecule has 0 aromatic heterocycles. The first-order valence-corrected chi connectivity index (χ1v) is 5.22. The van der Waals surface area contributed by atoms with Gasteiger partial charge >= 0.3 is 0 Å². The lowest BCUT2D eigenvalue weighted by atomic mass is 10.0. The third-order valence-corrected chi connectivity index (χ3v) is 2.76. The number of halogens is 2. The minimum absolute atomic E-state index is 0.0165. The highest BCUT2D eigenvalue weighted by Crippen LogP contribution is 2.35.